The second-order valence-electron chi connectivity index (χ2n) is 9.65. The molecule has 0 saturated heterocycles. The topological polar surface area (TPSA) is 108 Å². The van der Waals surface area contributed by atoms with E-state index in [1.54, 1.807) is 7.11 Å². The molecule has 0 fully saturated rings. The van der Waals surface area contributed by atoms with Crippen LogP contribution in [-0.4, -0.2) is 50.5 Å². The highest BCUT2D eigenvalue weighted by molar-refractivity contribution is 5.94. The highest BCUT2D eigenvalue weighted by Crippen LogP contribution is 2.45. The first kappa shape index (κ1) is 26.6. The van der Waals surface area contributed by atoms with Crippen LogP contribution >= 0.6 is 0 Å². The Kier molecular flexibility index (Phi) is 8.80. The number of hydrogen-bond acceptors (Lipinski definition) is 7. The number of nitrogens with one attached hydrogen (secondary N) is 1. The molecule has 1 N–H and O–H groups in total. The lowest BCUT2D eigenvalue weighted by Gasteiger charge is -2.39. The molecule has 0 radical (unpaired) electrons. The van der Waals surface area contributed by atoms with Crippen molar-refractivity contribution in [2.45, 2.75) is 46.6 Å². The number of ether oxygens (including phenoxy) is 3. The van der Waals surface area contributed by atoms with E-state index in [2.05, 4.69) is 38.2 Å². The summed E-state index contributed by atoms with van der Waals surface area (Å²) in [6, 6.07) is 5.18. The zero-order valence-corrected chi connectivity index (χ0v) is 21.2. The van der Waals surface area contributed by atoms with Crippen molar-refractivity contribution in [3.63, 3.8) is 0 Å². The number of methoxy groups -OCH3 is 1. The molecule has 0 aliphatic carbocycles. The molecule has 1 aliphatic rings. The maximum Gasteiger partial charge on any atom is 0.322 e. The number of carbonyl (C=O) groups excluding carboxylic acids is 1. The van der Waals surface area contributed by atoms with Gasteiger partial charge in [0, 0.05) is 48.6 Å². The van der Waals surface area contributed by atoms with Crippen molar-refractivity contribution in [1.82, 2.24) is 9.88 Å². The predicted octanol–water partition coefficient (Wildman–Crippen LogP) is 3.97. The van der Waals surface area contributed by atoms with E-state index in [1.165, 1.54) is 12.3 Å². The molecule has 1 aromatic heterocycles. The minimum absolute atomic E-state index is 0.0600. The number of nitroso groups, excluding NO2 is 1. The van der Waals surface area contributed by atoms with Crippen molar-refractivity contribution in [3.05, 3.63) is 50.7 Å². The van der Waals surface area contributed by atoms with Gasteiger partial charge in [-0.1, -0.05) is 27.7 Å². The van der Waals surface area contributed by atoms with Gasteiger partial charge >= 0.3 is 5.91 Å². The summed E-state index contributed by atoms with van der Waals surface area (Å²) in [7, 11) is 1.57. The fourth-order valence-electron chi connectivity index (χ4n) is 4.31. The van der Waals surface area contributed by atoms with Crippen LogP contribution < -0.4 is 20.2 Å². The summed E-state index contributed by atoms with van der Waals surface area (Å²) < 4.78 is 19.1. The number of pyridine rings is 1. The summed E-state index contributed by atoms with van der Waals surface area (Å²) >= 11 is 0. The molecule has 2 heterocycles. The fourth-order valence-corrected chi connectivity index (χ4v) is 4.31. The summed E-state index contributed by atoms with van der Waals surface area (Å²) in [6.45, 7) is 11.9. The zero-order valence-electron chi connectivity index (χ0n) is 21.2. The van der Waals surface area contributed by atoms with E-state index in [9.17, 15) is 14.5 Å². The third kappa shape index (κ3) is 6.15. The first-order chi connectivity index (χ1) is 16.7. The molecule has 0 bridgehead atoms. The summed E-state index contributed by atoms with van der Waals surface area (Å²) in [5.41, 5.74) is 1.57. The maximum atomic E-state index is 12.7. The highest BCUT2D eigenvalue weighted by Gasteiger charge is 2.34. The van der Waals surface area contributed by atoms with Gasteiger partial charge in [-0.15, -0.1) is 4.91 Å². The van der Waals surface area contributed by atoms with Crippen LogP contribution in [0.25, 0.3) is 11.3 Å². The van der Waals surface area contributed by atoms with E-state index in [-0.39, 0.29) is 17.0 Å². The molecule has 2 aromatic rings. The number of nitrogens with zero attached hydrogens (tertiary/aromatic N) is 2. The first-order valence-corrected chi connectivity index (χ1v) is 12.0. The molecular formula is C26H35N3O6. The number of benzene rings is 1. The van der Waals surface area contributed by atoms with Crippen molar-refractivity contribution >= 4 is 5.91 Å². The van der Waals surface area contributed by atoms with Crippen LogP contribution in [0.3, 0.4) is 0 Å². The number of hydrogen-bond donors (Lipinski definition) is 1. The number of aromatic nitrogens is 1. The molecule has 1 unspecified atom stereocenters. The maximum absolute atomic E-state index is 12.7. The Bertz CT molecular complexity index is 1120. The van der Waals surface area contributed by atoms with Gasteiger partial charge in [-0.05, 0) is 36.1 Å². The smallest absolute Gasteiger partial charge is 0.322 e. The molecule has 190 valence electrons. The van der Waals surface area contributed by atoms with Crippen molar-refractivity contribution in [1.29, 1.82) is 0 Å². The van der Waals surface area contributed by atoms with Crippen molar-refractivity contribution in [3.8, 4) is 22.8 Å². The summed E-state index contributed by atoms with van der Waals surface area (Å²) in [5, 5.41) is 5.66. The Balaban J connectivity index is 1.90. The predicted molar refractivity (Wildman–Crippen MR) is 134 cm³/mol. The van der Waals surface area contributed by atoms with Crippen LogP contribution in [0.15, 0.2) is 34.4 Å². The Morgan fingerprint density at radius 1 is 1.17 bits per heavy atom. The van der Waals surface area contributed by atoms with Crippen LogP contribution in [-0.2, 0) is 11.2 Å². The summed E-state index contributed by atoms with van der Waals surface area (Å²) in [5.74, 6) is 0.134. The molecule has 0 spiro atoms. The Hall–Kier alpha value is -3.04. The number of amides is 1. The van der Waals surface area contributed by atoms with Crippen molar-refractivity contribution in [2.75, 3.05) is 40.0 Å². The van der Waals surface area contributed by atoms with Gasteiger partial charge in [-0.2, -0.15) is 0 Å². The lowest BCUT2D eigenvalue weighted by atomic mass is 9.78. The average Bonchev–Trinajstić information content (AvgIpc) is 2.83. The Morgan fingerprint density at radius 3 is 2.60 bits per heavy atom. The second-order valence-corrected chi connectivity index (χ2v) is 9.65. The van der Waals surface area contributed by atoms with Gasteiger partial charge in [0.25, 0.3) is 0 Å². The van der Waals surface area contributed by atoms with E-state index in [4.69, 9.17) is 14.2 Å². The molecule has 3 rings (SSSR count). The molecule has 1 aliphatic heterocycles. The lowest BCUT2D eigenvalue weighted by molar-refractivity contribution is 0.0998. The van der Waals surface area contributed by atoms with E-state index in [1.807, 2.05) is 16.7 Å². The standard InChI is InChI=1S/C26H35N3O6/c1-6-27-8-11-34-9-7-10-35-23-12-17-13-24(26(2,3)4)29-16-19(25(31)28-32)21(30)15-20(29)18(17)14-22(23)33-5/h12,14-16,24,27H,6-11,13H2,1-5H3. The number of fused-ring (bicyclic) bond motifs is 3. The van der Waals surface area contributed by atoms with Crippen LogP contribution in [0.5, 0.6) is 11.5 Å². The van der Waals surface area contributed by atoms with E-state index in [0.717, 1.165) is 30.6 Å². The second kappa shape index (κ2) is 11.6. The van der Waals surface area contributed by atoms with Gasteiger partial charge in [0.15, 0.2) is 16.9 Å². The van der Waals surface area contributed by atoms with E-state index in [0.29, 0.717) is 43.4 Å². The molecule has 0 saturated carbocycles. The van der Waals surface area contributed by atoms with E-state index < -0.39 is 11.3 Å². The van der Waals surface area contributed by atoms with Crippen LogP contribution in [0.2, 0.25) is 0 Å². The third-order valence-corrected chi connectivity index (χ3v) is 6.17. The molecule has 9 nitrogen and oxygen atoms in total. The Labute approximate surface area is 205 Å². The minimum atomic E-state index is -1.06. The molecule has 1 atom stereocenters. The quantitative estimate of drug-likeness (QED) is 0.379. The van der Waals surface area contributed by atoms with Gasteiger partial charge in [-0.3, -0.25) is 9.59 Å². The lowest BCUT2D eigenvalue weighted by Crippen LogP contribution is -2.32. The zero-order chi connectivity index (χ0) is 25.6. The molecule has 9 heteroatoms. The number of carbonyl (C=O) groups is 1. The molecule has 1 amide bonds. The largest absolute Gasteiger partial charge is 0.493 e. The van der Waals surface area contributed by atoms with Gasteiger partial charge in [0.05, 0.1) is 26.0 Å². The molecule has 35 heavy (non-hydrogen) atoms. The highest BCUT2D eigenvalue weighted by atomic mass is 16.5. The van der Waals surface area contributed by atoms with E-state index >= 15 is 0 Å². The number of rotatable bonds is 11. The fraction of sp³-hybridized carbons (Fsp3) is 0.538. The average molecular weight is 486 g/mol. The number of likely N-dealkylation sites (N-methyl/N-ethyl adjacent to an activating group) is 1. The molecular weight excluding hydrogens is 450 g/mol. The van der Waals surface area contributed by atoms with Crippen LogP contribution in [0.4, 0.5) is 0 Å². The summed E-state index contributed by atoms with van der Waals surface area (Å²) in [6.07, 6.45) is 2.87. The van der Waals surface area contributed by atoms with Crippen molar-refractivity contribution < 1.29 is 19.0 Å². The molecule has 1 aromatic carbocycles. The Morgan fingerprint density at radius 2 is 1.94 bits per heavy atom. The van der Waals surface area contributed by atoms with Gasteiger partial charge in [-0.25, -0.2) is 0 Å². The van der Waals surface area contributed by atoms with Gasteiger partial charge in [0.1, 0.15) is 5.56 Å². The third-order valence-electron chi connectivity index (χ3n) is 6.17. The van der Waals surface area contributed by atoms with Crippen LogP contribution in [0, 0.1) is 10.3 Å². The van der Waals surface area contributed by atoms with Gasteiger partial charge in [0.2, 0.25) is 0 Å². The minimum Gasteiger partial charge on any atom is -0.493 e. The summed E-state index contributed by atoms with van der Waals surface area (Å²) in [4.78, 5) is 35.4. The van der Waals surface area contributed by atoms with Gasteiger partial charge < -0.3 is 24.1 Å². The normalized spacial score (nSPS) is 14.7. The monoisotopic (exact) mass is 485 g/mol. The SMILES string of the molecule is CCNCCOCCCOc1cc2c(cc1OC)-c1cc(=O)c(C(=O)N=O)cn1C(C(C)(C)C)C2. The van der Waals surface area contributed by atoms with Crippen LogP contribution in [0.1, 0.15) is 56.1 Å². The van der Waals surface area contributed by atoms with Crippen molar-refractivity contribution in [2.24, 2.45) is 10.6 Å². The first-order valence-electron chi connectivity index (χ1n) is 12.0.